The lowest BCUT2D eigenvalue weighted by Crippen LogP contribution is -2.27. The van der Waals surface area contributed by atoms with Crippen LogP contribution in [0, 0.1) is 0 Å². The number of carbonyl (C=O) groups excluding carboxylic acids is 1. The van der Waals surface area contributed by atoms with E-state index in [1.165, 1.54) is 7.11 Å². The van der Waals surface area contributed by atoms with Crippen LogP contribution < -0.4 is 0 Å². The van der Waals surface area contributed by atoms with Crippen molar-refractivity contribution in [3.63, 3.8) is 0 Å². The van der Waals surface area contributed by atoms with Crippen molar-refractivity contribution in [3.05, 3.63) is 16.4 Å². The third-order valence-electron chi connectivity index (χ3n) is 1.61. The van der Waals surface area contributed by atoms with E-state index in [0.29, 0.717) is 4.60 Å². The van der Waals surface area contributed by atoms with Crippen LogP contribution in [0.15, 0.2) is 10.7 Å². The number of ether oxygens (including phenoxy) is 2. The molecule has 0 aliphatic carbocycles. The molecular formula is C8H11BrN2O4. The molecule has 0 saturated carbocycles. The molecule has 2 N–H and O–H groups in total. The van der Waals surface area contributed by atoms with Crippen LogP contribution in [-0.2, 0) is 20.9 Å². The zero-order chi connectivity index (χ0) is 11.3. The Kier molecular flexibility index (Phi) is 4.73. The molecule has 0 aromatic carbocycles. The number of aliphatic hydroxyl groups excluding tert-OH is 1. The van der Waals surface area contributed by atoms with Gasteiger partial charge in [0.05, 0.1) is 26.0 Å². The Hall–Kier alpha value is -0.920. The molecule has 1 atom stereocenters. The molecule has 0 amide bonds. The molecule has 0 aliphatic rings. The van der Waals surface area contributed by atoms with E-state index in [1.54, 1.807) is 6.07 Å². The molecule has 0 fully saturated rings. The smallest absolute Gasteiger partial charge is 0.337 e. The van der Waals surface area contributed by atoms with Crippen molar-refractivity contribution >= 4 is 21.9 Å². The van der Waals surface area contributed by atoms with Crippen LogP contribution >= 0.6 is 15.9 Å². The molecule has 1 rings (SSSR count). The lowest BCUT2D eigenvalue weighted by atomic mass is 10.4. The average molecular weight is 279 g/mol. The number of halogens is 1. The van der Waals surface area contributed by atoms with Crippen molar-refractivity contribution < 1.29 is 19.4 Å². The number of nitrogens with zero attached hydrogens (tertiary/aromatic N) is 1. The second-order valence-electron chi connectivity index (χ2n) is 2.77. The van der Waals surface area contributed by atoms with E-state index in [-0.39, 0.29) is 13.2 Å². The fourth-order valence-corrected chi connectivity index (χ4v) is 1.26. The predicted molar refractivity (Wildman–Crippen MR) is 54.0 cm³/mol. The number of H-pyrrole nitrogens is 1. The van der Waals surface area contributed by atoms with E-state index in [9.17, 15) is 4.79 Å². The minimum absolute atomic E-state index is 0.108. The Morgan fingerprint density at radius 2 is 2.53 bits per heavy atom. The van der Waals surface area contributed by atoms with Crippen molar-refractivity contribution in [2.24, 2.45) is 0 Å². The molecule has 0 spiro atoms. The summed E-state index contributed by atoms with van der Waals surface area (Å²) in [6, 6.07) is 1.74. The minimum Gasteiger partial charge on any atom is -0.467 e. The van der Waals surface area contributed by atoms with Crippen LogP contribution in [0.25, 0.3) is 0 Å². The number of esters is 1. The Morgan fingerprint density at radius 3 is 3.07 bits per heavy atom. The van der Waals surface area contributed by atoms with Gasteiger partial charge in [0.1, 0.15) is 4.60 Å². The van der Waals surface area contributed by atoms with E-state index >= 15 is 0 Å². The Labute approximate surface area is 94.7 Å². The molecule has 1 unspecified atom stereocenters. The summed E-state index contributed by atoms with van der Waals surface area (Å²) >= 11 is 3.17. The maximum atomic E-state index is 10.8. The van der Waals surface area contributed by atoms with Crippen LogP contribution in [-0.4, -0.2) is 41.1 Å². The number of methoxy groups -OCH3 is 1. The molecule has 0 bridgehead atoms. The first-order valence-electron chi connectivity index (χ1n) is 4.17. The molecule has 1 aromatic rings. The van der Waals surface area contributed by atoms with Gasteiger partial charge in [-0.25, -0.2) is 4.79 Å². The Bertz CT molecular complexity index is 328. The summed E-state index contributed by atoms with van der Waals surface area (Å²) < 4.78 is 10.1. The van der Waals surface area contributed by atoms with E-state index in [1.807, 2.05) is 0 Å². The zero-order valence-electron chi connectivity index (χ0n) is 8.07. The third kappa shape index (κ3) is 3.98. The highest BCUT2D eigenvalue weighted by atomic mass is 79.9. The van der Waals surface area contributed by atoms with Crippen molar-refractivity contribution in [2.45, 2.75) is 12.7 Å². The van der Waals surface area contributed by atoms with Gasteiger partial charge in [0.15, 0.2) is 6.10 Å². The number of hydrogen-bond donors (Lipinski definition) is 2. The van der Waals surface area contributed by atoms with Crippen molar-refractivity contribution in [1.82, 2.24) is 10.2 Å². The minimum atomic E-state index is -1.25. The number of aliphatic hydroxyl groups is 1. The van der Waals surface area contributed by atoms with Crippen LogP contribution in [0.1, 0.15) is 5.69 Å². The quantitative estimate of drug-likeness (QED) is 0.753. The highest BCUT2D eigenvalue weighted by Crippen LogP contribution is 2.07. The summed E-state index contributed by atoms with van der Waals surface area (Å²) in [7, 11) is 1.21. The van der Waals surface area contributed by atoms with E-state index in [0.717, 1.165) is 5.69 Å². The van der Waals surface area contributed by atoms with Crippen LogP contribution in [0.2, 0.25) is 0 Å². The maximum absolute atomic E-state index is 10.8. The SMILES string of the molecule is COC(=O)C(O)COCc1cc(Br)n[nH]1. The third-order valence-corrected chi connectivity index (χ3v) is 2.01. The van der Waals surface area contributed by atoms with Crippen molar-refractivity contribution in [1.29, 1.82) is 0 Å². The summed E-state index contributed by atoms with van der Waals surface area (Å²) in [5.74, 6) is -0.708. The lowest BCUT2D eigenvalue weighted by Gasteiger charge is -2.07. The number of rotatable bonds is 5. The van der Waals surface area contributed by atoms with Gasteiger partial charge in [-0.3, -0.25) is 5.10 Å². The van der Waals surface area contributed by atoms with Crippen LogP contribution in [0.4, 0.5) is 0 Å². The fourth-order valence-electron chi connectivity index (χ4n) is 0.892. The highest BCUT2D eigenvalue weighted by molar-refractivity contribution is 9.10. The van der Waals surface area contributed by atoms with Crippen molar-refractivity contribution in [2.75, 3.05) is 13.7 Å². The largest absolute Gasteiger partial charge is 0.467 e. The van der Waals surface area contributed by atoms with Gasteiger partial charge in [-0.15, -0.1) is 0 Å². The average Bonchev–Trinajstić information content (AvgIpc) is 2.63. The summed E-state index contributed by atoms with van der Waals surface area (Å²) in [6.45, 7) is 0.135. The van der Waals surface area contributed by atoms with E-state index in [4.69, 9.17) is 9.84 Å². The number of hydrogen-bond acceptors (Lipinski definition) is 5. The molecule has 0 radical (unpaired) electrons. The van der Waals surface area contributed by atoms with Gasteiger partial charge >= 0.3 is 5.97 Å². The molecule has 6 nitrogen and oxygen atoms in total. The number of nitrogens with one attached hydrogen (secondary N) is 1. The highest BCUT2D eigenvalue weighted by Gasteiger charge is 2.15. The molecule has 7 heteroatoms. The molecule has 1 aromatic heterocycles. The van der Waals surface area contributed by atoms with Gasteiger partial charge < -0.3 is 14.6 Å². The first-order valence-corrected chi connectivity index (χ1v) is 4.96. The van der Waals surface area contributed by atoms with Crippen molar-refractivity contribution in [3.8, 4) is 0 Å². The Morgan fingerprint density at radius 1 is 1.80 bits per heavy atom. The van der Waals surface area contributed by atoms with Crippen LogP contribution in [0.3, 0.4) is 0 Å². The number of aromatic nitrogens is 2. The molecular weight excluding hydrogens is 268 g/mol. The summed E-state index contributed by atoms with van der Waals surface area (Å²) in [4.78, 5) is 10.8. The molecule has 1 heterocycles. The second-order valence-corrected chi connectivity index (χ2v) is 3.58. The fraction of sp³-hybridized carbons (Fsp3) is 0.500. The van der Waals surface area contributed by atoms with Gasteiger partial charge in [-0.1, -0.05) is 0 Å². The van der Waals surface area contributed by atoms with Gasteiger partial charge in [0.2, 0.25) is 0 Å². The lowest BCUT2D eigenvalue weighted by molar-refractivity contribution is -0.153. The first-order chi connectivity index (χ1) is 7.13. The van der Waals surface area contributed by atoms with Gasteiger partial charge in [0.25, 0.3) is 0 Å². The maximum Gasteiger partial charge on any atom is 0.337 e. The second kappa shape index (κ2) is 5.84. The number of carbonyl (C=O) groups is 1. The van der Waals surface area contributed by atoms with E-state index < -0.39 is 12.1 Å². The number of aromatic amines is 1. The molecule has 0 saturated heterocycles. The molecule has 0 aliphatic heterocycles. The topological polar surface area (TPSA) is 84.4 Å². The molecule has 84 valence electrons. The summed E-state index contributed by atoms with van der Waals surface area (Å²) in [5, 5.41) is 15.7. The Balaban J connectivity index is 2.24. The summed E-state index contributed by atoms with van der Waals surface area (Å²) in [5.41, 5.74) is 0.749. The standard InChI is InChI=1S/C8H11BrN2O4/c1-14-8(13)6(12)4-15-3-5-2-7(9)11-10-5/h2,6,12H,3-4H2,1H3,(H,10,11). The summed E-state index contributed by atoms with van der Waals surface area (Å²) in [6.07, 6.45) is -1.25. The first kappa shape index (κ1) is 12.2. The van der Waals surface area contributed by atoms with Gasteiger partial charge in [0, 0.05) is 0 Å². The predicted octanol–water partition coefficient (Wildman–Crippen LogP) is 0.223. The monoisotopic (exact) mass is 278 g/mol. The van der Waals surface area contributed by atoms with Gasteiger partial charge in [-0.05, 0) is 22.0 Å². The van der Waals surface area contributed by atoms with Crippen LogP contribution in [0.5, 0.6) is 0 Å². The zero-order valence-corrected chi connectivity index (χ0v) is 9.65. The van der Waals surface area contributed by atoms with Gasteiger partial charge in [-0.2, -0.15) is 5.10 Å². The normalized spacial score (nSPS) is 12.5. The molecule has 15 heavy (non-hydrogen) atoms. The van der Waals surface area contributed by atoms with E-state index in [2.05, 4.69) is 30.9 Å².